The fourth-order valence-corrected chi connectivity index (χ4v) is 2.81. The van der Waals surface area contributed by atoms with Gasteiger partial charge in [0.05, 0.1) is 0 Å². The number of cyclic esters (lactones) is 1. The number of ether oxygens (including phenoxy) is 4. The number of hydrogen-bond acceptors (Lipinski definition) is 6. The van der Waals surface area contributed by atoms with E-state index in [1.165, 1.54) is 14.2 Å². The first-order chi connectivity index (χ1) is 9.35. The molecule has 0 aromatic rings. The Balaban J connectivity index is 2.20. The van der Waals surface area contributed by atoms with Crippen molar-refractivity contribution in [3.05, 3.63) is 0 Å². The van der Waals surface area contributed by atoms with E-state index in [1.54, 1.807) is 13.8 Å². The summed E-state index contributed by atoms with van der Waals surface area (Å²) in [4.78, 5) is 23.8. The van der Waals surface area contributed by atoms with Crippen LogP contribution in [-0.4, -0.2) is 43.7 Å². The summed E-state index contributed by atoms with van der Waals surface area (Å²) in [5.41, 5.74) is 0. The van der Waals surface area contributed by atoms with E-state index >= 15 is 0 Å². The molecule has 0 radical (unpaired) electrons. The Morgan fingerprint density at radius 2 is 1.80 bits per heavy atom. The first-order valence-corrected chi connectivity index (χ1v) is 6.88. The molecule has 0 amide bonds. The van der Waals surface area contributed by atoms with Crippen molar-refractivity contribution < 1.29 is 28.5 Å². The first kappa shape index (κ1) is 15.4. The van der Waals surface area contributed by atoms with Gasteiger partial charge in [-0.15, -0.1) is 0 Å². The fraction of sp³-hybridized carbons (Fsp3) is 0.857. The smallest absolute Gasteiger partial charge is 0.338 e. The molecule has 6 heteroatoms. The second-order valence-corrected chi connectivity index (χ2v) is 5.65. The predicted molar refractivity (Wildman–Crippen MR) is 68.8 cm³/mol. The molecule has 0 spiro atoms. The van der Waals surface area contributed by atoms with Gasteiger partial charge in [0.2, 0.25) is 5.79 Å². The van der Waals surface area contributed by atoms with Crippen LogP contribution in [0, 0.1) is 5.92 Å². The molecule has 1 aliphatic carbocycles. The highest BCUT2D eigenvalue weighted by Crippen LogP contribution is 2.40. The molecule has 6 nitrogen and oxygen atoms in total. The van der Waals surface area contributed by atoms with Crippen molar-refractivity contribution in [2.45, 2.75) is 57.2 Å². The largest absolute Gasteiger partial charge is 0.425 e. The number of esters is 1. The highest BCUT2D eigenvalue weighted by molar-refractivity contribution is 5.82. The molecule has 114 valence electrons. The van der Waals surface area contributed by atoms with Crippen LogP contribution in [0.3, 0.4) is 0 Å². The van der Waals surface area contributed by atoms with E-state index in [9.17, 15) is 9.59 Å². The average molecular weight is 286 g/mol. The van der Waals surface area contributed by atoms with E-state index in [4.69, 9.17) is 18.9 Å². The minimum Gasteiger partial charge on any atom is -0.425 e. The van der Waals surface area contributed by atoms with E-state index in [-0.39, 0.29) is 11.7 Å². The van der Waals surface area contributed by atoms with Crippen LogP contribution in [0.25, 0.3) is 0 Å². The number of ketones is 1. The summed E-state index contributed by atoms with van der Waals surface area (Å²) in [6.07, 6.45) is 1.70. The molecule has 20 heavy (non-hydrogen) atoms. The Kier molecular flexibility index (Phi) is 4.18. The fourth-order valence-electron chi connectivity index (χ4n) is 2.81. The van der Waals surface area contributed by atoms with Crippen LogP contribution in [-0.2, 0) is 28.5 Å². The molecule has 0 aromatic heterocycles. The topological polar surface area (TPSA) is 71.1 Å². The molecule has 1 aliphatic heterocycles. The van der Waals surface area contributed by atoms with E-state index in [0.29, 0.717) is 12.8 Å². The molecular weight excluding hydrogens is 264 g/mol. The summed E-state index contributed by atoms with van der Waals surface area (Å²) in [6, 6.07) is 0. The standard InChI is InChI=1S/C14H22O6/c1-13(17-3)14(2,18-4)20-12(16)11(19-13)9-6-5-7-10(15)8-9/h9,11H,5-8H2,1-4H3/t9-,11+,13-,14-/m1/s1. The summed E-state index contributed by atoms with van der Waals surface area (Å²) in [5, 5.41) is 0. The number of rotatable bonds is 3. The third-order valence-electron chi connectivity index (χ3n) is 4.43. The summed E-state index contributed by atoms with van der Waals surface area (Å²) in [5.74, 6) is -3.01. The highest BCUT2D eigenvalue weighted by atomic mass is 16.8. The van der Waals surface area contributed by atoms with Crippen molar-refractivity contribution in [1.29, 1.82) is 0 Å². The quantitative estimate of drug-likeness (QED) is 0.731. The van der Waals surface area contributed by atoms with Gasteiger partial charge in [-0.2, -0.15) is 0 Å². The molecule has 1 saturated heterocycles. The van der Waals surface area contributed by atoms with Crippen molar-refractivity contribution >= 4 is 11.8 Å². The maximum Gasteiger partial charge on any atom is 0.338 e. The lowest BCUT2D eigenvalue weighted by Gasteiger charge is -2.49. The predicted octanol–water partition coefficient (Wildman–Crippen LogP) is 1.41. The molecule has 0 N–H and O–H groups in total. The Hall–Kier alpha value is -0.980. The van der Waals surface area contributed by atoms with Crippen LogP contribution in [0.5, 0.6) is 0 Å². The second-order valence-electron chi connectivity index (χ2n) is 5.65. The van der Waals surface area contributed by atoms with E-state index in [0.717, 1.165) is 12.8 Å². The molecule has 0 bridgehead atoms. The summed E-state index contributed by atoms with van der Waals surface area (Å²) >= 11 is 0. The summed E-state index contributed by atoms with van der Waals surface area (Å²) < 4.78 is 21.9. The molecular formula is C14H22O6. The maximum absolute atomic E-state index is 12.2. The van der Waals surface area contributed by atoms with E-state index in [2.05, 4.69) is 0 Å². The van der Waals surface area contributed by atoms with E-state index in [1.807, 2.05) is 0 Å². The van der Waals surface area contributed by atoms with Crippen molar-refractivity contribution in [3.63, 3.8) is 0 Å². The molecule has 2 rings (SSSR count). The molecule has 0 aromatic carbocycles. The summed E-state index contributed by atoms with van der Waals surface area (Å²) in [6.45, 7) is 3.26. The number of hydrogen-bond donors (Lipinski definition) is 0. The monoisotopic (exact) mass is 286 g/mol. The van der Waals surface area contributed by atoms with Crippen molar-refractivity contribution in [3.8, 4) is 0 Å². The van der Waals surface area contributed by atoms with Gasteiger partial charge in [0.15, 0.2) is 6.10 Å². The van der Waals surface area contributed by atoms with Gasteiger partial charge in [-0.1, -0.05) is 0 Å². The average Bonchev–Trinajstić information content (AvgIpc) is 2.43. The van der Waals surface area contributed by atoms with Crippen LogP contribution in [0.4, 0.5) is 0 Å². The number of methoxy groups -OCH3 is 2. The third kappa shape index (κ3) is 2.47. The van der Waals surface area contributed by atoms with Crippen molar-refractivity contribution in [2.75, 3.05) is 14.2 Å². The first-order valence-electron chi connectivity index (χ1n) is 6.88. The number of carbonyl (C=O) groups is 2. The Morgan fingerprint density at radius 3 is 2.35 bits per heavy atom. The van der Waals surface area contributed by atoms with Crippen molar-refractivity contribution in [2.24, 2.45) is 5.92 Å². The van der Waals surface area contributed by atoms with Gasteiger partial charge in [-0.3, -0.25) is 4.79 Å². The van der Waals surface area contributed by atoms with Gasteiger partial charge in [0.1, 0.15) is 5.78 Å². The van der Waals surface area contributed by atoms with Gasteiger partial charge in [-0.25, -0.2) is 4.79 Å². The molecule has 1 heterocycles. The zero-order valence-corrected chi connectivity index (χ0v) is 12.4. The van der Waals surface area contributed by atoms with Crippen LogP contribution >= 0.6 is 0 Å². The van der Waals surface area contributed by atoms with Crippen LogP contribution in [0.1, 0.15) is 39.5 Å². The minimum atomic E-state index is -1.31. The number of Topliss-reactive ketones (excluding diaryl/α,β-unsaturated/α-hetero) is 1. The lowest BCUT2D eigenvalue weighted by molar-refractivity contribution is -0.409. The van der Waals surface area contributed by atoms with Crippen LogP contribution < -0.4 is 0 Å². The SMILES string of the molecule is CO[C@]1(C)OC(=O)[C@H]([C@@H]2CCCC(=O)C2)O[C@@]1(C)OC. The Bertz CT molecular complexity index is 408. The lowest BCUT2D eigenvalue weighted by atomic mass is 9.83. The van der Waals surface area contributed by atoms with Gasteiger partial charge in [-0.05, 0) is 19.8 Å². The van der Waals surface area contributed by atoms with Gasteiger partial charge in [0.25, 0.3) is 5.79 Å². The Labute approximate surface area is 118 Å². The summed E-state index contributed by atoms with van der Waals surface area (Å²) in [7, 11) is 2.90. The maximum atomic E-state index is 12.2. The molecule has 0 unspecified atom stereocenters. The molecule has 4 atom stereocenters. The van der Waals surface area contributed by atoms with Gasteiger partial charge >= 0.3 is 5.97 Å². The minimum absolute atomic E-state index is 0.153. The van der Waals surface area contributed by atoms with Crippen molar-refractivity contribution in [1.82, 2.24) is 0 Å². The zero-order chi connectivity index (χ0) is 15.0. The highest BCUT2D eigenvalue weighted by Gasteiger charge is 2.58. The molecule has 1 saturated carbocycles. The normalized spacial score (nSPS) is 42.4. The van der Waals surface area contributed by atoms with Crippen LogP contribution in [0.15, 0.2) is 0 Å². The number of carbonyl (C=O) groups excluding carboxylic acids is 2. The van der Waals surface area contributed by atoms with Crippen LogP contribution in [0.2, 0.25) is 0 Å². The molecule has 2 fully saturated rings. The van der Waals surface area contributed by atoms with E-state index < -0.39 is 23.6 Å². The Morgan fingerprint density at radius 1 is 1.15 bits per heavy atom. The second kappa shape index (κ2) is 5.42. The zero-order valence-electron chi connectivity index (χ0n) is 12.4. The molecule has 2 aliphatic rings. The lowest BCUT2D eigenvalue weighted by Crippen LogP contribution is -2.65. The third-order valence-corrected chi connectivity index (χ3v) is 4.43. The van der Waals surface area contributed by atoms with Gasteiger partial charge in [0, 0.05) is 39.9 Å². The van der Waals surface area contributed by atoms with Gasteiger partial charge < -0.3 is 18.9 Å².